The maximum atomic E-state index is 12.0. The van der Waals surface area contributed by atoms with Gasteiger partial charge in [0.25, 0.3) is 0 Å². The van der Waals surface area contributed by atoms with E-state index in [-0.39, 0.29) is 11.3 Å². The fourth-order valence-electron chi connectivity index (χ4n) is 2.50. The first-order chi connectivity index (χ1) is 11.9. The van der Waals surface area contributed by atoms with Crippen LogP contribution in [0, 0.1) is 0 Å². The highest BCUT2D eigenvalue weighted by Crippen LogP contribution is 2.22. The van der Waals surface area contributed by atoms with Crippen LogP contribution in [0.25, 0.3) is 11.7 Å². The third-order valence-electron chi connectivity index (χ3n) is 4.01. The highest BCUT2D eigenvalue weighted by atomic mass is 16.1. The van der Waals surface area contributed by atoms with Gasteiger partial charge in [-0.05, 0) is 34.8 Å². The van der Waals surface area contributed by atoms with Gasteiger partial charge in [0.05, 0.1) is 6.54 Å². The van der Waals surface area contributed by atoms with Crippen molar-refractivity contribution >= 4 is 17.6 Å². The molecule has 128 valence electrons. The molecule has 0 bridgehead atoms. The summed E-state index contributed by atoms with van der Waals surface area (Å²) in [6.45, 7) is 6.87. The Kier molecular flexibility index (Phi) is 4.65. The molecule has 1 N–H and O–H groups in total. The van der Waals surface area contributed by atoms with Crippen LogP contribution < -0.4 is 5.32 Å². The summed E-state index contributed by atoms with van der Waals surface area (Å²) in [7, 11) is 0. The van der Waals surface area contributed by atoms with Crippen molar-refractivity contribution in [3.05, 3.63) is 71.7 Å². The summed E-state index contributed by atoms with van der Waals surface area (Å²) in [6, 6.07) is 13.9. The molecule has 1 amide bonds. The van der Waals surface area contributed by atoms with Gasteiger partial charge in [0.1, 0.15) is 0 Å². The van der Waals surface area contributed by atoms with E-state index >= 15 is 0 Å². The molecule has 3 aromatic rings. The van der Waals surface area contributed by atoms with E-state index < -0.39 is 0 Å². The maximum absolute atomic E-state index is 12.0. The molecule has 0 spiro atoms. The Morgan fingerprint density at radius 2 is 1.88 bits per heavy atom. The first-order valence-corrected chi connectivity index (χ1v) is 8.28. The van der Waals surface area contributed by atoms with Crippen LogP contribution in [-0.2, 0) is 16.8 Å². The van der Waals surface area contributed by atoms with Crippen LogP contribution in [0.15, 0.2) is 54.7 Å². The van der Waals surface area contributed by atoms with E-state index in [9.17, 15) is 4.79 Å². The van der Waals surface area contributed by atoms with E-state index in [0.717, 1.165) is 11.2 Å². The average Bonchev–Trinajstić information content (AvgIpc) is 3.01. The lowest BCUT2D eigenvalue weighted by Gasteiger charge is -2.18. The molecule has 3 rings (SSSR count). The van der Waals surface area contributed by atoms with Gasteiger partial charge in [-0.1, -0.05) is 51.1 Å². The number of benzene rings is 1. The van der Waals surface area contributed by atoms with E-state index in [4.69, 9.17) is 0 Å². The van der Waals surface area contributed by atoms with Crippen LogP contribution in [0.5, 0.6) is 0 Å². The SMILES string of the molecule is CC(C)(C)c1ccc(/C=C/C(=O)NCc2nnc3ccccn23)cc1. The summed E-state index contributed by atoms with van der Waals surface area (Å²) >= 11 is 0. The molecular weight excluding hydrogens is 312 g/mol. The number of hydrogen-bond acceptors (Lipinski definition) is 3. The Morgan fingerprint density at radius 3 is 2.60 bits per heavy atom. The standard InChI is InChI=1S/C20H22N4O/c1-20(2,3)16-10-7-15(8-11-16)9-12-19(25)21-14-18-23-22-17-6-4-5-13-24(17)18/h4-13H,14H2,1-3H3,(H,21,25)/b12-9+. The van der Waals surface area contributed by atoms with Crippen molar-refractivity contribution in [2.75, 3.05) is 0 Å². The van der Waals surface area contributed by atoms with Gasteiger partial charge < -0.3 is 5.32 Å². The van der Waals surface area contributed by atoms with Crippen molar-refractivity contribution < 1.29 is 4.79 Å². The van der Waals surface area contributed by atoms with Crippen molar-refractivity contribution in [2.24, 2.45) is 0 Å². The molecule has 0 aliphatic carbocycles. The van der Waals surface area contributed by atoms with Gasteiger partial charge in [-0.3, -0.25) is 9.20 Å². The second-order valence-electron chi connectivity index (χ2n) is 6.97. The predicted molar refractivity (Wildman–Crippen MR) is 99.0 cm³/mol. The molecule has 0 saturated carbocycles. The first kappa shape index (κ1) is 16.9. The van der Waals surface area contributed by atoms with Crippen molar-refractivity contribution in [3.63, 3.8) is 0 Å². The van der Waals surface area contributed by atoms with E-state index in [1.165, 1.54) is 11.6 Å². The van der Waals surface area contributed by atoms with Crippen LogP contribution >= 0.6 is 0 Å². The van der Waals surface area contributed by atoms with Gasteiger partial charge in [0.15, 0.2) is 11.5 Å². The Balaban J connectivity index is 1.59. The summed E-state index contributed by atoms with van der Waals surface area (Å²) < 4.78 is 1.86. The third-order valence-corrected chi connectivity index (χ3v) is 4.01. The van der Waals surface area contributed by atoms with Gasteiger partial charge in [-0.2, -0.15) is 0 Å². The van der Waals surface area contributed by atoms with Crippen LogP contribution in [-0.4, -0.2) is 20.5 Å². The number of hydrogen-bond donors (Lipinski definition) is 1. The van der Waals surface area contributed by atoms with Gasteiger partial charge in [0, 0.05) is 12.3 Å². The molecule has 0 fully saturated rings. The second-order valence-corrected chi connectivity index (χ2v) is 6.97. The summed E-state index contributed by atoms with van der Waals surface area (Å²) in [5.41, 5.74) is 3.16. The Labute approximate surface area is 147 Å². The van der Waals surface area contributed by atoms with E-state index in [1.54, 1.807) is 0 Å². The largest absolute Gasteiger partial charge is 0.345 e. The highest BCUT2D eigenvalue weighted by molar-refractivity contribution is 5.91. The molecule has 2 aromatic heterocycles. The van der Waals surface area contributed by atoms with E-state index in [0.29, 0.717) is 12.4 Å². The number of nitrogens with zero attached hydrogens (tertiary/aromatic N) is 3. The first-order valence-electron chi connectivity index (χ1n) is 8.28. The zero-order valence-electron chi connectivity index (χ0n) is 14.7. The lowest BCUT2D eigenvalue weighted by Crippen LogP contribution is -2.21. The van der Waals surface area contributed by atoms with E-state index in [2.05, 4.69) is 48.4 Å². The normalized spacial score (nSPS) is 12.0. The van der Waals surface area contributed by atoms with E-state index in [1.807, 2.05) is 47.0 Å². The number of rotatable bonds is 4. The molecule has 1 aromatic carbocycles. The zero-order chi connectivity index (χ0) is 17.9. The third kappa shape index (κ3) is 4.12. The lowest BCUT2D eigenvalue weighted by atomic mass is 9.87. The number of nitrogens with one attached hydrogen (secondary N) is 1. The second kappa shape index (κ2) is 6.89. The minimum atomic E-state index is -0.160. The molecule has 0 aliphatic rings. The number of aromatic nitrogens is 3. The average molecular weight is 334 g/mol. The van der Waals surface area contributed by atoms with Crippen molar-refractivity contribution in [1.82, 2.24) is 19.9 Å². The molecule has 25 heavy (non-hydrogen) atoms. The number of pyridine rings is 1. The van der Waals surface area contributed by atoms with Crippen molar-refractivity contribution in [2.45, 2.75) is 32.7 Å². The molecule has 2 heterocycles. The molecule has 0 saturated heterocycles. The van der Waals surface area contributed by atoms with Crippen LogP contribution in [0.3, 0.4) is 0 Å². The zero-order valence-corrected chi connectivity index (χ0v) is 14.7. The molecule has 0 aliphatic heterocycles. The molecule has 5 nitrogen and oxygen atoms in total. The Bertz CT molecular complexity index is 901. The number of amides is 1. The fraction of sp³-hybridized carbons (Fsp3) is 0.250. The van der Waals surface area contributed by atoms with Crippen molar-refractivity contribution in [3.8, 4) is 0 Å². The van der Waals surface area contributed by atoms with Crippen LogP contribution in [0.2, 0.25) is 0 Å². The molecule has 0 atom stereocenters. The van der Waals surface area contributed by atoms with Gasteiger partial charge >= 0.3 is 0 Å². The summed E-state index contributed by atoms with van der Waals surface area (Å²) in [4.78, 5) is 12.0. The van der Waals surface area contributed by atoms with Gasteiger partial charge in [-0.25, -0.2) is 0 Å². The maximum Gasteiger partial charge on any atom is 0.244 e. The molecule has 5 heteroatoms. The lowest BCUT2D eigenvalue weighted by molar-refractivity contribution is -0.116. The Morgan fingerprint density at radius 1 is 1.12 bits per heavy atom. The molecule has 0 radical (unpaired) electrons. The monoisotopic (exact) mass is 334 g/mol. The minimum absolute atomic E-state index is 0.126. The highest BCUT2D eigenvalue weighted by Gasteiger charge is 2.12. The van der Waals surface area contributed by atoms with Gasteiger partial charge in [-0.15, -0.1) is 10.2 Å². The summed E-state index contributed by atoms with van der Waals surface area (Å²) in [6.07, 6.45) is 5.22. The smallest absolute Gasteiger partial charge is 0.244 e. The van der Waals surface area contributed by atoms with Crippen molar-refractivity contribution in [1.29, 1.82) is 0 Å². The summed E-state index contributed by atoms with van der Waals surface area (Å²) in [5.74, 6) is 0.541. The van der Waals surface area contributed by atoms with Crippen LogP contribution in [0.4, 0.5) is 0 Å². The number of fused-ring (bicyclic) bond motifs is 1. The molecule has 0 unspecified atom stereocenters. The topological polar surface area (TPSA) is 59.3 Å². The summed E-state index contributed by atoms with van der Waals surface area (Å²) in [5, 5.41) is 11.0. The number of carbonyl (C=O) groups is 1. The molecular formula is C20H22N4O. The van der Waals surface area contributed by atoms with Gasteiger partial charge in [0.2, 0.25) is 5.91 Å². The minimum Gasteiger partial charge on any atom is -0.345 e. The number of carbonyl (C=O) groups excluding carboxylic acids is 1. The van der Waals surface area contributed by atoms with Crippen LogP contribution in [0.1, 0.15) is 37.7 Å². The predicted octanol–water partition coefficient (Wildman–Crippen LogP) is 3.36. The fourth-order valence-corrected chi connectivity index (χ4v) is 2.50. The Hall–Kier alpha value is -2.95. The quantitative estimate of drug-likeness (QED) is 0.744.